The van der Waals surface area contributed by atoms with E-state index in [1.165, 1.54) is 0 Å². The molecule has 0 fully saturated rings. The van der Waals surface area contributed by atoms with Crippen molar-refractivity contribution in [2.45, 2.75) is 26.3 Å². The largest absolute Gasteiger partial charge is 0.350 e. The molecule has 1 atom stereocenters. The number of hydrogen-bond acceptors (Lipinski definition) is 3. The molecule has 4 heteroatoms. The van der Waals surface area contributed by atoms with Gasteiger partial charge in [-0.3, -0.25) is 9.78 Å². The summed E-state index contributed by atoms with van der Waals surface area (Å²) in [6.45, 7) is 4.36. The molecule has 0 saturated heterocycles. The Morgan fingerprint density at radius 1 is 1.67 bits per heavy atom. The lowest BCUT2D eigenvalue weighted by molar-refractivity contribution is 0.0951. The maximum Gasteiger partial charge on any atom is 0.251 e. The molecular formula is C11H17N3O. The van der Waals surface area contributed by atoms with Crippen LogP contribution >= 0.6 is 0 Å². The summed E-state index contributed by atoms with van der Waals surface area (Å²) in [6.07, 6.45) is 2.49. The van der Waals surface area contributed by atoms with E-state index in [1.807, 2.05) is 13.8 Å². The van der Waals surface area contributed by atoms with E-state index in [9.17, 15) is 4.79 Å². The van der Waals surface area contributed by atoms with Crippen LogP contribution in [0.2, 0.25) is 0 Å². The van der Waals surface area contributed by atoms with E-state index in [4.69, 9.17) is 5.73 Å². The first-order valence-electron chi connectivity index (χ1n) is 5.10. The minimum atomic E-state index is -0.0931. The molecule has 1 rings (SSSR count). The second kappa shape index (κ2) is 5.46. The highest BCUT2D eigenvalue weighted by Gasteiger charge is 2.06. The molecule has 3 N–H and O–H groups in total. The van der Waals surface area contributed by atoms with Crippen LogP contribution in [0.15, 0.2) is 18.3 Å². The number of pyridine rings is 1. The van der Waals surface area contributed by atoms with Crippen molar-refractivity contribution >= 4 is 5.91 Å². The molecule has 0 aliphatic carbocycles. The number of aromatic nitrogens is 1. The maximum atomic E-state index is 11.6. The first kappa shape index (κ1) is 11.7. The summed E-state index contributed by atoms with van der Waals surface area (Å²) < 4.78 is 0. The number of carbonyl (C=O) groups excluding carboxylic acids is 1. The molecule has 0 saturated carbocycles. The van der Waals surface area contributed by atoms with Gasteiger partial charge in [-0.15, -0.1) is 0 Å². The molecule has 1 heterocycles. The summed E-state index contributed by atoms with van der Waals surface area (Å²) in [4.78, 5) is 15.7. The SMILES string of the molecule is CCC(N)CNC(=O)c1ccnc(C)c1. The molecule has 1 unspecified atom stereocenters. The number of nitrogens with zero attached hydrogens (tertiary/aromatic N) is 1. The molecule has 0 spiro atoms. The molecule has 0 aliphatic heterocycles. The summed E-state index contributed by atoms with van der Waals surface area (Å²) in [6, 6.07) is 3.48. The molecule has 1 aromatic heterocycles. The zero-order valence-corrected chi connectivity index (χ0v) is 9.16. The van der Waals surface area contributed by atoms with E-state index in [1.54, 1.807) is 18.3 Å². The highest BCUT2D eigenvalue weighted by molar-refractivity contribution is 5.94. The van der Waals surface area contributed by atoms with Gasteiger partial charge in [0.2, 0.25) is 0 Å². The zero-order chi connectivity index (χ0) is 11.3. The van der Waals surface area contributed by atoms with E-state index < -0.39 is 0 Å². The van der Waals surface area contributed by atoms with Crippen LogP contribution in [0, 0.1) is 6.92 Å². The number of amides is 1. The summed E-state index contributed by atoms with van der Waals surface area (Å²) in [5, 5.41) is 2.79. The van der Waals surface area contributed by atoms with Gasteiger partial charge in [0.25, 0.3) is 5.91 Å². The lowest BCUT2D eigenvalue weighted by Gasteiger charge is -2.10. The Morgan fingerprint density at radius 2 is 2.40 bits per heavy atom. The lowest BCUT2D eigenvalue weighted by Crippen LogP contribution is -2.36. The third-order valence-corrected chi connectivity index (χ3v) is 2.21. The van der Waals surface area contributed by atoms with E-state index in [0.717, 1.165) is 12.1 Å². The highest BCUT2D eigenvalue weighted by Crippen LogP contribution is 2.00. The van der Waals surface area contributed by atoms with Gasteiger partial charge >= 0.3 is 0 Å². The second-order valence-electron chi connectivity index (χ2n) is 3.56. The van der Waals surface area contributed by atoms with Crippen molar-refractivity contribution in [1.82, 2.24) is 10.3 Å². The van der Waals surface area contributed by atoms with Gasteiger partial charge in [0.05, 0.1) is 0 Å². The minimum absolute atomic E-state index is 0.0249. The zero-order valence-electron chi connectivity index (χ0n) is 9.16. The van der Waals surface area contributed by atoms with Gasteiger partial charge in [-0.1, -0.05) is 6.92 Å². The fraction of sp³-hybridized carbons (Fsp3) is 0.455. The predicted octanol–water partition coefficient (Wildman–Crippen LogP) is 0.857. The molecule has 0 radical (unpaired) electrons. The van der Waals surface area contributed by atoms with Gasteiger partial charge in [-0.25, -0.2) is 0 Å². The van der Waals surface area contributed by atoms with Crippen molar-refractivity contribution in [3.8, 4) is 0 Å². The van der Waals surface area contributed by atoms with Gasteiger partial charge in [0, 0.05) is 30.0 Å². The molecule has 0 aliphatic rings. The monoisotopic (exact) mass is 207 g/mol. The Bertz CT molecular complexity index is 338. The average molecular weight is 207 g/mol. The Balaban J connectivity index is 2.54. The Labute approximate surface area is 89.9 Å². The topological polar surface area (TPSA) is 68.0 Å². The second-order valence-corrected chi connectivity index (χ2v) is 3.56. The third-order valence-electron chi connectivity index (χ3n) is 2.21. The highest BCUT2D eigenvalue weighted by atomic mass is 16.1. The first-order valence-corrected chi connectivity index (χ1v) is 5.10. The van der Waals surface area contributed by atoms with Gasteiger partial charge in [-0.2, -0.15) is 0 Å². The average Bonchev–Trinajstić information content (AvgIpc) is 2.25. The van der Waals surface area contributed by atoms with Crippen molar-refractivity contribution in [1.29, 1.82) is 0 Å². The molecule has 1 amide bonds. The van der Waals surface area contributed by atoms with Crippen LogP contribution in [-0.4, -0.2) is 23.5 Å². The summed E-state index contributed by atoms with van der Waals surface area (Å²) >= 11 is 0. The van der Waals surface area contributed by atoms with E-state index in [2.05, 4.69) is 10.3 Å². The first-order chi connectivity index (χ1) is 7.13. The van der Waals surface area contributed by atoms with Crippen LogP contribution in [0.1, 0.15) is 29.4 Å². The third kappa shape index (κ3) is 3.67. The van der Waals surface area contributed by atoms with Crippen LogP contribution in [0.4, 0.5) is 0 Å². The van der Waals surface area contributed by atoms with Crippen LogP contribution in [0.3, 0.4) is 0 Å². The van der Waals surface area contributed by atoms with Crippen LogP contribution in [-0.2, 0) is 0 Å². The number of carbonyl (C=O) groups is 1. The Morgan fingerprint density at radius 3 is 3.00 bits per heavy atom. The van der Waals surface area contributed by atoms with E-state index in [-0.39, 0.29) is 11.9 Å². The fourth-order valence-corrected chi connectivity index (χ4v) is 1.16. The van der Waals surface area contributed by atoms with Crippen molar-refractivity contribution in [2.24, 2.45) is 5.73 Å². The number of nitrogens with one attached hydrogen (secondary N) is 1. The molecule has 0 aromatic carbocycles. The van der Waals surface area contributed by atoms with E-state index in [0.29, 0.717) is 12.1 Å². The predicted molar refractivity (Wildman–Crippen MR) is 59.6 cm³/mol. The normalized spacial score (nSPS) is 12.2. The molecule has 82 valence electrons. The number of nitrogens with two attached hydrogens (primary N) is 1. The van der Waals surface area contributed by atoms with Gasteiger partial charge in [-0.05, 0) is 25.5 Å². The molecule has 15 heavy (non-hydrogen) atoms. The Kier molecular flexibility index (Phi) is 4.24. The number of aryl methyl sites for hydroxylation is 1. The standard InChI is InChI=1S/C11H17N3O/c1-3-10(12)7-14-11(15)9-4-5-13-8(2)6-9/h4-6,10H,3,7,12H2,1-2H3,(H,14,15). The van der Waals surface area contributed by atoms with Gasteiger partial charge in [0.15, 0.2) is 0 Å². The van der Waals surface area contributed by atoms with Crippen molar-refractivity contribution in [3.63, 3.8) is 0 Å². The van der Waals surface area contributed by atoms with Crippen molar-refractivity contribution < 1.29 is 4.79 Å². The van der Waals surface area contributed by atoms with E-state index >= 15 is 0 Å². The van der Waals surface area contributed by atoms with Crippen LogP contribution in [0.25, 0.3) is 0 Å². The van der Waals surface area contributed by atoms with Gasteiger partial charge in [0.1, 0.15) is 0 Å². The molecular weight excluding hydrogens is 190 g/mol. The van der Waals surface area contributed by atoms with Crippen molar-refractivity contribution in [2.75, 3.05) is 6.54 Å². The summed E-state index contributed by atoms with van der Waals surface area (Å²) in [5.74, 6) is -0.0931. The fourth-order valence-electron chi connectivity index (χ4n) is 1.16. The molecule has 1 aromatic rings. The Hall–Kier alpha value is -1.42. The van der Waals surface area contributed by atoms with Crippen LogP contribution < -0.4 is 11.1 Å². The van der Waals surface area contributed by atoms with Crippen LogP contribution in [0.5, 0.6) is 0 Å². The lowest BCUT2D eigenvalue weighted by atomic mass is 10.2. The smallest absolute Gasteiger partial charge is 0.251 e. The van der Waals surface area contributed by atoms with Crippen molar-refractivity contribution in [3.05, 3.63) is 29.6 Å². The summed E-state index contributed by atoms with van der Waals surface area (Å²) in [5.41, 5.74) is 7.17. The quantitative estimate of drug-likeness (QED) is 0.769. The minimum Gasteiger partial charge on any atom is -0.350 e. The molecule has 4 nitrogen and oxygen atoms in total. The number of rotatable bonds is 4. The maximum absolute atomic E-state index is 11.6. The molecule has 0 bridgehead atoms. The van der Waals surface area contributed by atoms with Gasteiger partial charge < -0.3 is 11.1 Å². The summed E-state index contributed by atoms with van der Waals surface area (Å²) in [7, 11) is 0. The number of hydrogen-bond donors (Lipinski definition) is 2.